The van der Waals surface area contributed by atoms with Gasteiger partial charge < -0.3 is 14.6 Å². The van der Waals surface area contributed by atoms with Crippen molar-refractivity contribution in [3.63, 3.8) is 0 Å². The van der Waals surface area contributed by atoms with Gasteiger partial charge in [-0.05, 0) is 39.2 Å². The minimum atomic E-state index is -0.699. The van der Waals surface area contributed by atoms with Crippen molar-refractivity contribution in [2.24, 2.45) is 0 Å². The molecule has 1 heterocycles. The molecule has 0 fully saturated rings. The molecule has 1 unspecified atom stereocenters. The lowest BCUT2D eigenvalue weighted by Crippen LogP contribution is -2.53. The van der Waals surface area contributed by atoms with E-state index >= 15 is 0 Å². The van der Waals surface area contributed by atoms with E-state index in [1.165, 1.54) is 31.3 Å². The molecule has 19 heavy (non-hydrogen) atoms. The Kier molecular flexibility index (Phi) is 4.24. The Labute approximate surface area is 114 Å². The predicted octanol–water partition coefficient (Wildman–Crippen LogP) is 1.30. The smallest absolute Gasteiger partial charge is 0.327 e. The number of hydrogen-bond donors (Lipinski definition) is 1. The van der Waals surface area contributed by atoms with Crippen LogP contribution in [0, 0.1) is 0 Å². The standard InChI is InChI=1S/C14H23N3O2/c1-4-16-14(2,13(18)19-3)9-17-10-15-11-7-5-6-8-12(11)17/h10,16H,4-9H2,1-3H3. The van der Waals surface area contributed by atoms with Crippen molar-refractivity contribution >= 4 is 5.97 Å². The summed E-state index contributed by atoms with van der Waals surface area (Å²) in [6, 6.07) is 0. The SMILES string of the molecule is CCNC(C)(Cn1cnc2c1CCCC2)C(=O)OC. The van der Waals surface area contributed by atoms with Gasteiger partial charge >= 0.3 is 5.97 Å². The molecular formula is C14H23N3O2. The highest BCUT2D eigenvalue weighted by atomic mass is 16.5. The first kappa shape index (κ1) is 14.1. The lowest BCUT2D eigenvalue weighted by molar-refractivity contribution is -0.148. The molecule has 0 bridgehead atoms. The summed E-state index contributed by atoms with van der Waals surface area (Å²) < 4.78 is 7.03. The van der Waals surface area contributed by atoms with Crippen LogP contribution in [-0.2, 0) is 28.9 Å². The molecule has 1 atom stereocenters. The monoisotopic (exact) mass is 265 g/mol. The van der Waals surface area contributed by atoms with Crippen molar-refractivity contribution in [3.05, 3.63) is 17.7 Å². The van der Waals surface area contributed by atoms with Gasteiger partial charge in [0.2, 0.25) is 0 Å². The van der Waals surface area contributed by atoms with E-state index < -0.39 is 5.54 Å². The highest BCUT2D eigenvalue weighted by molar-refractivity contribution is 5.80. The minimum Gasteiger partial charge on any atom is -0.468 e. The Morgan fingerprint density at radius 3 is 2.95 bits per heavy atom. The maximum Gasteiger partial charge on any atom is 0.327 e. The highest BCUT2D eigenvalue weighted by Gasteiger charge is 2.35. The van der Waals surface area contributed by atoms with Crippen molar-refractivity contribution in [1.82, 2.24) is 14.9 Å². The minimum absolute atomic E-state index is 0.229. The summed E-state index contributed by atoms with van der Waals surface area (Å²) in [7, 11) is 1.43. The van der Waals surface area contributed by atoms with Gasteiger partial charge in [0, 0.05) is 5.69 Å². The third kappa shape index (κ3) is 2.81. The number of likely N-dealkylation sites (N-methyl/N-ethyl adjacent to an activating group) is 1. The summed E-state index contributed by atoms with van der Waals surface area (Å²) in [4.78, 5) is 16.5. The molecule has 5 nitrogen and oxygen atoms in total. The number of ether oxygens (including phenoxy) is 1. The number of methoxy groups -OCH3 is 1. The van der Waals surface area contributed by atoms with Crippen molar-refractivity contribution in [2.75, 3.05) is 13.7 Å². The quantitative estimate of drug-likeness (QED) is 0.815. The summed E-state index contributed by atoms with van der Waals surface area (Å²) in [5, 5.41) is 3.23. The van der Waals surface area contributed by atoms with Gasteiger partial charge in [0.25, 0.3) is 0 Å². The van der Waals surface area contributed by atoms with Gasteiger partial charge in [-0.3, -0.25) is 0 Å². The first-order valence-corrected chi connectivity index (χ1v) is 6.97. The van der Waals surface area contributed by atoms with Gasteiger partial charge in [0.05, 0.1) is 25.7 Å². The second-order valence-electron chi connectivity index (χ2n) is 5.33. The van der Waals surface area contributed by atoms with Gasteiger partial charge in [-0.2, -0.15) is 0 Å². The van der Waals surface area contributed by atoms with Gasteiger partial charge in [-0.25, -0.2) is 9.78 Å². The van der Waals surface area contributed by atoms with Crippen molar-refractivity contribution in [2.45, 2.75) is 51.6 Å². The van der Waals surface area contributed by atoms with E-state index in [-0.39, 0.29) is 5.97 Å². The Morgan fingerprint density at radius 2 is 2.26 bits per heavy atom. The van der Waals surface area contributed by atoms with Crippen LogP contribution in [-0.4, -0.2) is 34.7 Å². The van der Waals surface area contributed by atoms with Crippen LogP contribution in [0.25, 0.3) is 0 Å². The van der Waals surface area contributed by atoms with E-state index in [2.05, 4.69) is 14.9 Å². The first-order valence-electron chi connectivity index (χ1n) is 6.97. The normalized spacial score (nSPS) is 17.6. The summed E-state index contributed by atoms with van der Waals surface area (Å²) >= 11 is 0. The van der Waals surface area contributed by atoms with Crippen molar-refractivity contribution in [1.29, 1.82) is 0 Å². The van der Waals surface area contributed by atoms with E-state index in [1.54, 1.807) is 0 Å². The molecule has 2 rings (SSSR count). The van der Waals surface area contributed by atoms with Crippen molar-refractivity contribution < 1.29 is 9.53 Å². The number of fused-ring (bicyclic) bond motifs is 1. The van der Waals surface area contributed by atoms with Crippen LogP contribution >= 0.6 is 0 Å². The zero-order valence-electron chi connectivity index (χ0n) is 12.0. The molecule has 0 amide bonds. The largest absolute Gasteiger partial charge is 0.468 e. The van der Waals surface area contributed by atoms with E-state index in [4.69, 9.17) is 4.74 Å². The third-order valence-corrected chi connectivity index (χ3v) is 3.80. The number of imidazole rings is 1. The third-order valence-electron chi connectivity index (χ3n) is 3.80. The number of carbonyl (C=O) groups excluding carboxylic acids is 1. The molecule has 0 spiro atoms. The predicted molar refractivity (Wildman–Crippen MR) is 73.0 cm³/mol. The van der Waals surface area contributed by atoms with Gasteiger partial charge in [-0.1, -0.05) is 6.92 Å². The van der Waals surface area contributed by atoms with E-state index in [9.17, 15) is 4.79 Å². The number of hydrogen-bond acceptors (Lipinski definition) is 4. The summed E-state index contributed by atoms with van der Waals surface area (Å²) in [6.07, 6.45) is 6.38. The number of rotatable bonds is 5. The fourth-order valence-electron chi connectivity index (χ4n) is 2.82. The molecule has 1 aromatic rings. The topological polar surface area (TPSA) is 56.2 Å². The van der Waals surface area contributed by atoms with E-state index in [1.807, 2.05) is 20.2 Å². The Bertz CT molecular complexity index is 456. The number of nitrogens with zero attached hydrogens (tertiary/aromatic N) is 2. The zero-order chi connectivity index (χ0) is 13.9. The lowest BCUT2D eigenvalue weighted by atomic mass is 9.99. The molecule has 0 radical (unpaired) electrons. The van der Waals surface area contributed by atoms with Crippen LogP contribution in [0.1, 0.15) is 38.1 Å². The number of aryl methyl sites for hydroxylation is 1. The molecule has 0 aliphatic heterocycles. The van der Waals surface area contributed by atoms with Crippen LogP contribution < -0.4 is 5.32 Å². The van der Waals surface area contributed by atoms with Crippen LogP contribution in [0.4, 0.5) is 0 Å². The Hall–Kier alpha value is -1.36. The number of carbonyl (C=O) groups is 1. The average molecular weight is 265 g/mol. The maximum absolute atomic E-state index is 12.0. The fraction of sp³-hybridized carbons (Fsp3) is 0.714. The van der Waals surface area contributed by atoms with Crippen molar-refractivity contribution in [3.8, 4) is 0 Å². The molecule has 1 aromatic heterocycles. The molecule has 1 N–H and O–H groups in total. The van der Waals surface area contributed by atoms with Gasteiger partial charge in [0.15, 0.2) is 0 Å². The second kappa shape index (κ2) is 5.74. The molecule has 0 aromatic carbocycles. The molecule has 1 aliphatic carbocycles. The van der Waals surface area contributed by atoms with Crippen LogP contribution in [0.3, 0.4) is 0 Å². The molecule has 0 saturated carbocycles. The molecule has 1 aliphatic rings. The van der Waals surface area contributed by atoms with Crippen LogP contribution in [0.2, 0.25) is 0 Å². The molecule has 0 saturated heterocycles. The zero-order valence-corrected chi connectivity index (χ0v) is 12.0. The summed E-state index contributed by atoms with van der Waals surface area (Å²) in [5.41, 5.74) is 1.77. The first-order chi connectivity index (χ1) is 9.10. The highest BCUT2D eigenvalue weighted by Crippen LogP contribution is 2.22. The lowest BCUT2D eigenvalue weighted by Gasteiger charge is -2.29. The average Bonchev–Trinajstić information content (AvgIpc) is 2.81. The number of aromatic nitrogens is 2. The molecule has 106 valence electrons. The van der Waals surface area contributed by atoms with Gasteiger partial charge in [0.1, 0.15) is 5.54 Å². The van der Waals surface area contributed by atoms with E-state index in [0.29, 0.717) is 6.54 Å². The van der Waals surface area contributed by atoms with E-state index in [0.717, 1.165) is 19.4 Å². The van der Waals surface area contributed by atoms with Gasteiger partial charge in [-0.15, -0.1) is 0 Å². The molecule has 5 heteroatoms. The summed E-state index contributed by atoms with van der Waals surface area (Å²) in [5.74, 6) is -0.229. The second-order valence-corrected chi connectivity index (χ2v) is 5.33. The Balaban J connectivity index is 2.22. The summed E-state index contributed by atoms with van der Waals surface area (Å²) in [6.45, 7) is 5.17. The van der Waals surface area contributed by atoms with Crippen LogP contribution in [0.5, 0.6) is 0 Å². The van der Waals surface area contributed by atoms with Crippen LogP contribution in [0.15, 0.2) is 6.33 Å². The Morgan fingerprint density at radius 1 is 1.53 bits per heavy atom. The number of esters is 1. The maximum atomic E-state index is 12.0. The fourth-order valence-corrected chi connectivity index (χ4v) is 2.82. The number of nitrogens with one attached hydrogen (secondary N) is 1. The molecular weight excluding hydrogens is 242 g/mol.